The van der Waals surface area contributed by atoms with Gasteiger partial charge in [0.25, 0.3) is 5.91 Å². The van der Waals surface area contributed by atoms with Gasteiger partial charge in [0.2, 0.25) is 0 Å². The van der Waals surface area contributed by atoms with E-state index in [0.29, 0.717) is 18.7 Å². The van der Waals surface area contributed by atoms with Gasteiger partial charge in [-0.05, 0) is 80.1 Å². The standard InChI is InChI=1S/C29H39FN4O/c1-5-13-34-27-10-9-23(19-32-14-11-22(4)12-15-32)16-26(27)31-28(34)20-33(18-21(2)3)29(35)24-7-6-8-25(30)17-24/h6-10,16-17,21-22H,5,11-15,18-20H2,1-4H3. The van der Waals surface area contributed by atoms with Crippen LogP contribution in [0.25, 0.3) is 11.0 Å². The molecule has 0 bridgehead atoms. The summed E-state index contributed by atoms with van der Waals surface area (Å²) in [5, 5.41) is 0. The van der Waals surface area contributed by atoms with E-state index in [0.717, 1.165) is 55.4 Å². The number of hydrogen-bond acceptors (Lipinski definition) is 3. The van der Waals surface area contributed by atoms with Crippen molar-refractivity contribution < 1.29 is 9.18 Å². The average Bonchev–Trinajstić information content (AvgIpc) is 3.16. The molecule has 0 unspecified atom stereocenters. The highest BCUT2D eigenvalue weighted by molar-refractivity contribution is 5.94. The second kappa shape index (κ2) is 11.3. The first kappa shape index (κ1) is 25.4. The minimum Gasteiger partial charge on any atom is -0.331 e. The Hall–Kier alpha value is -2.73. The summed E-state index contributed by atoms with van der Waals surface area (Å²) >= 11 is 0. The molecule has 0 atom stereocenters. The summed E-state index contributed by atoms with van der Waals surface area (Å²) in [6, 6.07) is 12.6. The van der Waals surface area contributed by atoms with E-state index in [9.17, 15) is 9.18 Å². The third-order valence-corrected chi connectivity index (χ3v) is 6.90. The van der Waals surface area contributed by atoms with Crippen LogP contribution < -0.4 is 0 Å². The Bertz CT molecular complexity index is 1150. The van der Waals surface area contributed by atoms with Crippen LogP contribution in [0.1, 0.15) is 68.7 Å². The first-order valence-electron chi connectivity index (χ1n) is 13.1. The van der Waals surface area contributed by atoms with Gasteiger partial charge in [0.1, 0.15) is 11.6 Å². The topological polar surface area (TPSA) is 41.4 Å². The fraction of sp³-hybridized carbons (Fsp3) is 0.517. The lowest BCUT2D eigenvalue weighted by atomic mass is 9.99. The lowest BCUT2D eigenvalue weighted by molar-refractivity contribution is 0.0715. The molecule has 0 spiro atoms. The van der Waals surface area contributed by atoms with Crippen LogP contribution in [0.2, 0.25) is 0 Å². The third-order valence-electron chi connectivity index (χ3n) is 6.90. The molecule has 6 heteroatoms. The van der Waals surface area contributed by atoms with Gasteiger partial charge in [0, 0.05) is 25.2 Å². The van der Waals surface area contributed by atoms with Gasteiger partial charge in [-0.15, -0.1) is 0 Å². The number of nitrogens with zero attached hydrogens (tertiary/aromatic N) is 4. The van der Waals surface area contributed by atoms with Crippen LogP contribution in [0.4, 0.5) is 4.39 Å². The van der Waals surface area contributed by atoms with E-state index < -0.39 is 5.82 Å². The van der Waals surface area contributed by atoms with Crippen LogP contribution in [0.3, 0.4) is 0 Å². The number of amides is 1. The maximum Gasteiger partial charge on any atom is 0.254 e. The second-order valence-corrected chi connectivity index (χ2v) is 10.6. The summed E-state index contributed by atoms with van der Waals surface area (Å²) in [5.41, 5.74) is 3.76. The van der Waals surface area contributed by atoms with Gasteiger partial charge in [0.15, 0.2) is 0 Å². The number of halogens is 1. The Morgan fingerprint density at radius 1 is 1.17 bits per heavy atom. The summed E-state index contributed by atoms with van der Waals surface area (Å²) in [6.07, 6.45) is 3.51. The second-order valence-electron chi connectivity index (χ2n) is 10.6. The fourth-order valence-corrected chi connectivity index (χ4v) is 5.03. The normalized spacial score (nSPS) is 15.3. The molecule has 1 saturated heterocycles. The van der Waals surface area contributed by atoms with Crippen molar-refractivity contribution in [3.63, 3.8) is 0 Å². The van der Waals surface area contributed by atoms with E-state index in [1.165, 1.54) is 30.5 Å². The first-order valence-corrected chi connectivity index (χ1v) is 13.1. The highest BCUT2D eigenvalue weighted by Crippen LogP contribution is 2.23. The molecule has 0 aliphatic carbocycles. The molecule has 0 saturated carbocycles. The lowest BCUT2D eigenvalue weighted by Gasteiger charge is -2.30. The molecule has 3 aromatic rings. The van der Waals surface area contributed by atoms with Crippen LogP contribution >= 0.6 is 0 Å². The highest BCUT2D eigenvalue weighted by Gasteiger charge is 2.22. The van der Waals surface area contributed by atoms with Gasteiger partial charge in [-0.3, -0.25) is 9.69 Å². The SMILES string of the molecule is CCCn1c(CN(CC(C)C)C(=O)c2cccc(F)c2)nc2cc(CN3CCC(C)CC3)ccc21. The number of imidazole rings is 1. The third kappa shape index (κ3) is 6.29. The van der Waals surface area contributed by atoms with E-state index in [-0.39, 0.29) is 11.8 Å². The smallest absolute Gasteiger partial charge is 0.254 e. The number of benzene rings is 2. The molecule has 4 rings (SSSR count). The number of carbonyl (C=O) groups excluding carboxylic acids is 1. The van der Waals surface area contributed by atoms with Crippen LogP contribution in [0, 0.1) is 17.7 Å². The largest absolute Gasteiger partial charge is 0.331 e. The average molecular weight is 479 g/mol. The van der Waals surface area contributed by atoms with E-state index in [1.54, 1.807) is 12.1 Å². The Balaban J connectivity index is 1.61. The molecule has 0 radical (unpaired) electrons. The van der Waals surface area contributed by atoms with Crippen molar-refractivity contribution >= 4 is 16.9 Å². The van der Waals surface area contributed by atoms with Crippen molar-refractivity contribution in [1.29, 1.82) is 0 Å². The summed E-state index contributed by atoms with van der Waals surface area (Å²) in [7, 11) is 0. The van der Waals surface area contributed by atoms with E-state index >= 15 is 0 Å². The monoisotopic (exact) mass is 478 g/mol. The number of hydrogen-bond donors (Lipinski definition) is 0. The van der Waals surface area contributed by atoms with Gasteiger partial charge in [-0.1, -0.05) is 39.8 Å². The van der Waals surface area contributed by atoms with Crippen LogP contribution in [0.15, 0.2) is 42.5 Å². The molecule has 188 valence electrons. The molecule has 35 heavy (non-hydrogen) atoms. The molecular weight excluding hydrogens is 439 g/mol. The summed E-state index contributed by atoms with van der Waals surface area (Å²) < 4.78 is 16.1. The van der Waals surface area contributed by atoms with Gasteiger partial charge < -0.3 is 9.47 Å². The van der Waals surface area contributed by atoms with Crippen LogP contribution in [-0.4, -0.2) is 44.9 Å². The molecule has 5 nitrogen and oxygen atoms in total. The van der Waals surface area contributed by atoms with Crippen molar-refractivity contribution in [1.82, 2.24) is 19.4 Å². The minimum atomic E-state index is -0.394. The Kier molecular flexibility index (Phi) is 8.22. The number of aryl methyl sites for hydroxylation is 1. The number of piperidine rings is 1. The van der Waals surface area contributed by atoms with Crippen molar-refractivity contribution in [2.24, 2.45) is 11.8 Å². The van der Waals surface area contributed by atoms with Crippen LogP contribution in [-0.2, 0) is 19.6 Å². The number of likely N-dealkylation sites (tertiary alicyclic amines) is 1. The number of carbonyl (C=O) groups is 1. The zero-order chi connectivity index (χ0) is 24.9. The summed E-state index contributed by atoms with van der Waals surface area (Å²) in [5.74, 6) is 1.44. The van der Waals surface area contributed by atoms with Crippen LogP contribution in [0.5, 0.6) is 0 Å². The zero-order valence-electron chi connectivity index (χ0n) is 21.6. The predicted molar refractivity (Wildman–Crippen MR) is 140 cm³/mol. The molecule has 1 aliphatic rings. The maximum atomic E-state index is 13.8. The Morgan fingerprint density at radius 2 is 1.94 bits per heavy atom. The minimum absolute atomic E-state index is 0.159. The quantitative estimate of drug-likeness (QED) is 0.372. The van der Waals surface area contributed by atoms with E-state index in [1.807, 2.05) is 4.90 Å². The number of fused-ring (bicyclic) bond motifs is 1. The van der Waals surface area contributed by atoms with Crippen molar-refractivity contribution in [3.05, 3.63) is 65.2 Å². The lowest BCUT2D eigenvalue weighted by Crippen LogP contribution is -2.34. The number of aromatic nitrogens is 2. The molecule has 0 N–H and O–H groups in total. The van der Waals surface area contributed by atoms with E-state index in [4.69, 9.17) is 4.98 Å². The molecule has 2 aromatic carbocycles. The molecule has 1 fully saturated rings. The molecular formula is C29H39FN4O. The van der Waals surface area contributed by atoms with Gasteiger partial charge in [0.05, 0.1) is 17.6 Å². The maximum absolute atomic E-state index is 13.8. The molecule has 1 aromatic heterocycles. The molecule has 1 aliphatic heterocycles. The predicted octanol–water partition coefficient (Wildman–Crippen LogP) is 6.12. The number of rotatable bonds is 9. The van der Waals surface area contributed by atoms with Gasteiger partial charge >= 0.3 is 0 Å². The fourth-order valence-electron chi connectivity index (χ4n) is 5.03. The zero-order valence-corrected chi connectivity index (χ0v) is 21.6. The summed E-state index contributed by atoms with van der Waals surface area (Å²) in [6.45, 7) is 13.8. The first-order chi connectivity index (χ1) is 16.8. The molecule has 2 heterocycles. The highest BCUT2D eigenvalue weighted by atomic mass is 19.1. The van der Waals surface area contributed by atoms with Crippen molar-refractivity contribution in [2.45, 2.75) is 66.6 Å². The molecule has 1 amide bonds. The van der Waals surface area contributed by atoms with Crippen molar-refractivity contribution in [3.8, 4) is 0 Å². The van der Waals surface area contributed by atoms with Crippen molar-refractivity contribution in [2.75, 3.05) is 19.6 Å². The Labute approximate surface area is 208 Å². The van der Waals surface area contributed by atoms with Gasteiger partial charge in [-0.2, -0.15) is 0 Å². The van der Waals surface area contributed by atoms with Gasteiger partial charge in [-0.25, -0.2) is 9.37 Å². The summed E-state index contributed by atoms with van der Waals surface area (Å²) in [4.78, 5) is 22.7. The van der Waals surface area contributed by atoms with E-state index in [2.05, 4.69) is 55.4 Å². The Morgan fingerprint density at radius 3 is 2.63 bits per heavy atom.